The number of aryl methyl sites for hydroxylation is 1. The minimum atomic E-state index is -1.38. The largest absolute Gasteiger partial charge is 0.354 e. The van der Waals surface area contributed by atoms with Crippen molar-refractivity contribution in [1.29, 1.82) is 0 Å². The van der Waals surface area contributed by atoms with Crippen molar-refractivity contribution < 1.29 is 9.53 Å². The molecule has 0 unspecified atom stereocenters. The van der Waals surface area contributed by atoms with Gasteiger partial charge in [0.1, 0.15) is 10.1 Å². The molecule has 1 fully saturated rings. The van der Waals surface area contributed by atoms with Crippen LogP contribution < -0.4 is 0 Å². The summed E-state index contributed by atoms with van der Waals surface area (Å²) >= 11 is 37.8. The number of ketones is 1. The van der Waals surface area contributed by atoms with Gasteiger partial charge in [0.2, 0.25) is 5.78 Å². The third-order valence-electron chi connectivity index (χ3n) is 5.20. The number of benzene rings is 2. The highest BCUT2D eigenvalue weighted by Crippen LogP contribution is 2.65. The first-order valence-corrected chi connectivity index (χ1v) is 10.8. The van der Waals surface area contributed by atoms with Gasteiger partial charge in [-0.05, 0) is 30.2 Å². The first-order valence-electron chi connectivity index (χ1n) is 8.54. The molecule has 2 nitrogen and oxygen atoms in total. The number of allylic oxidation sites excluding steroid dienone is 2. The van der Waals surface area contributed by atoms with Gasteiger partial charge in [-0.25, -0.2) is 0 Å². The van der Waals surface area contributed by atoms with E-state index in [4.69, 9.17) is 74.3 Å². The standard InChI is InChI=1S/C21H12Cl6O2/c1-9-2-4-10(5-3-9)18-14(11-6-7-12(22)13(23)8-11)21(29-18)19(26)15(24)17(28)16(25)20(21)27/h2-8,14,18H,1H3/t14-,18-/m0/s1. The monoisotopic (exact) mass is 506 g/mol. The molecular weight excluding hydrogens is 497 g/mol. The molecule has 150 valence electrons. The molecular formula is C21H12Cl6O2. The highest BCUT2D eigenvalue weighted by Gasteiger charge is 2.64. The van der Waals surface area contributed by atoms with E-state index in [2.05, 4.69) is 0 Å². The Hall–Kier alpha value is -0.710. The van der Waals surface area contributed by atoms with Crippen LogP contribution in [-0.2, 0) is 9.53 Å². The molecule has 29 heavy (non-hydrogen) atoms. The third kappa shape index (κ3) is 3.25. The summed E-state index contributed by atoms with van der Waals surface area (Å²) in [6, 6.07) is 13.1. The van der Waals surface area contributed by atoms with Crippen LogP contribution in [0.25, 0.3) is 0 Å². The van der Waals surface area contributed by atoms with E-state index >= 15 is 0 Å². The number of carbonyl (C=O) groups is 1. The summed E-state index contributed by atoms with van der Waals surface area (Å²) in [5.74, 6) is -1.07. The summed E-state index contributed by atoms with van der Waals surface area (Å²) in [5.41, 5.74) is 1.42. The molecule has 2 aliphatic rings. The van der Waals surface area contributed by atoms with Crippen molar-refractivity contribution in [2.24, 2.45) is 0 Å². The number of carbonyl (C=O) groups excluding carboxylic acids is 1. The Bertz CT molecular complexity index is 1060. The molecule has 2 aromatic rings. The summed E-state index contributed by atoms with van der Waals surface area (Å²) in [5, 5.41) is 0.353. The van der Waals surface area contributed by atoms with E-state index in [1.54, 1.807) is 12.1 Å². The van der Waals surface area contributed by atoms with Crippen LogP contribution in [0.5, 0.6) is 0 Å². The zero-order valence-electron chi connectivity index (χ0n) is 14.8. The molecule has 1 heterocycles. The molecule has 1 aliphatic heterocycles. The van der Waals surface area contributed by atoms with Crippen LogP contribution in [0, 0.1) is 6.92 Å². The van der Waals surface area contributed by atoms with Gasteiger partial charge >= 0.3 is 0 Å². The summed E-state index contributed by atoms with van der Waals surface area (Å²) in [7, 11) is 0. The van der Waals surface area contributed by atoms with E-state index in [0.29, 0.717) is 10.0 Å². The number of halogens is 6. The summed E-state index contributed by atoms with van der Waals surface area (Å²) < 4.78 is 6.27. The van der Waals surface area contributed by atoms with Gasteiger partial charge < -0.3 is 4.74 Å². The predicted molar refractivity (Wildman–Crippen MR) is 119 cm³/mol. The van der Waals surface area contributed by atoms with E-state index in [-0.39, 0.29) is 20.1 Å². The number of hydrogen-bond acceptors (Lipinski definition) is 2. The van der Waals surface area contributed by atoms with E-state index in [9.17, 15) is 4.79 Å². The fourth-order valence-corrected chi connectivity index (χ4v) is 5.27. The number of rotatable bonds is 2. The average Bonchev–Trinajstić information content (AvgIpc) is 2.68. The van der Waals surface area contributed by atoms with Crippen molar-refractivity contribution in [2.75, 3.05) is 0 Å². The van der Waals surface area contributed by atoms with Crippen molar-refractivity contribution >= 4 is 75.4 Å². The molecule has 0 N–H and O–H groups in total. The second-order valence-electron chi connectivity index (χ2n) is 6.92. The van der Waals surface area contributed by atoms with Gasteiger partial charge in [-0.3, -0.25) is 4.79 Å². The fraction of sp³-hybridized carbons (Fsp3) is 0.190. The van der Waals surface area contributed by atoms with Crippen LogP contribution in [-0.4, -0.2) is 11.4 Å². The van der Waals surface area contributed by atoms with Crippen LogP contribution in [0.3, 0.4) is 0 Å². The zero-order valence-corrected chi connectivity index (χ0v) is 19.3. The molecule has 1 aliphatic carbocycles. The van der Waals surface area contributed by atoms with Crippen LogP contribution in [0.15, 0.2) is 62.6 Å². The maximum Gasteiger partial charge on any atom is 0.218 e. The minimum absolute atomic E-state index is 0.00185. The Balaban J connectivity index is 1.92. The minimum Gasteiger partial charge on any atom is -0.354 e. The summed E-state index contributed by atoms with van der Waals surface area (Å²) in [4.78, 5) is 12.3. The quantitative estimate of drug-likeness (QED) is 0.412. The maximum absolute atomic E-state index is 12.3. The Kier molecular flexibility index (Phi) is 5.76. The SMILES string of the molecule is Cc1ccc([C@@H]2OC3(C(Cl)=C(Cl)C(=O)C(Cl)=C3Cl)[C@H]2c2ccc(Cl)c(Cl)c2)cc1. The first-order chi connectivity index (χ1) is 13.7. The Morgan fingerprint density at radius 1 is 0.793 bits per heavy atom. The molecule has 4 rings (SSSR count). The fourth-order valence-electron chi connectivity index (χ4n) is 3.71. The molecule has 2 atom stereocenters. The van der Waals surface area contributed by atoms with Crippen molar-refractivity contribution in [3.63, 3.8) is 0 Å². The van der Waals surface area contributed by atoms with E-state index in [0.717, 1.165) is 16.7 Å². The zero-order chi connectivity index (χ0) is 21.1. The number of hydrogen-bond donors (Lipinski definition) is 0. The molecule has 0 saturated carbocycles. The predicted octanol–water partition coefficient (Wildman–Crippen LogP) is 7.86. The molecule has 8 heteroatoms. The van der Waals surface area contributed by atoms with Crippen molar-refractivity contribution in [2.45, 2.75) is 24.5 Å². The van der Waals surface area contributed by atoms with E-state index < -0.39 is 23.4 Å². The molecule has 2 aromatic carbocycles. The maximum atomic E-state index is 12.3. The number of ether oxygens (including phenoxy) is 1. The molecule has 0 aromatic heterocycles. The van der Waals surface area contributed by atoms with Crippen LogP contribution >= 0.6 is 69.6 Å². The Labute approximate surface area is 197 Å². The second-order valence-corrected chi connectivity index (χ2v) is 9.25. The van der Waals surface area contributed by atoms with E-state index in [1.807, 2.05) is 37.3 Å². The Morgan fingerprint density at radius 3 is 1.90 bits per heavy atom. The van der Waals surface area contributed by atoms with Crippen LogP contribution in [0.2, 0.25) is 10.0 Å². The number of Topliss-reactive ketones (excluding diaryl/α,β-unsaturated/α-hetero) is 1. The highest BCUT2D eigenvalue weighted by atomic mass is 35.5. The van der Waals surface area contributed by atoms with E-state index in [1.165, 1.54) is 0 Å². The molecule has 0 bridgehead atoms. The second kappa shape index (κ2) is 7.76. The van der Waals surface area contributed by atoms with Gasteiger partial charge in [-0.2, -0.15) is 0 Å². The lowest BCUT2D eigenvalue weighted by atomic mass is 9.68. The van der Waals surface area contributed by atoms with Gasteiger partial charge in [0.25, 0.3) is 0 Å². The first kappa shape index (κ1) is 21.5. The molecule has 1 saturated heterocycles. The summed E-state index contributed by atoms with van der Waals surface area (Å²) in [6.45, 7) is 1.99. The third-order valence-corrected chi connectivity index (χ3v) is 7.79. The van der Waals surface area contributed by atoms with Gasteiger partial charge in [0, 0.05) is 0 Å². The summed E-state index contributed by atoms with van der Waals surface area (Å²) in [6.07, 6.45) is -0.419. The van der Waals surface area contributed by atoms with Crippen LogP contribution in [0.1, 0.15) is 28.7 Å². The smallest absolute Gasteiger partial charge is 0.218 e. The Morgan fingerprint density at radius 2 is 1.34 bits per heavy atom. The highest BCUT2D eigenvalue weighted by molar-refractivity contribution is 6.61. The van der Waals surface area contributed by atoms with Gasteiger partial charge in [-0.15, -0.1) is 0 Å². The van der Waals surface area contributed by atoms with Crippen molar-refractivity contribution in [1.82, 2.24) is 0 Å². The lowest BCUT2D eigenvalue weighted by molar-refractivity contribution is -0.183. The van der Waals surface area contributed by atoms with Gasteiger partial charge in [0.05, 0.1) is 32.1 Å². The molecule has 0 radical (unpaired) electrons. The normalized spacial score (nSPS) is 23.6. The molecule has 0 amide bonds. The lowest BCUT2D eigenvalue weighted by Gasteiger charge is -2.56. The topological polar surface area (TPSA) is 26.3 Å². The van der Waals surface area contributed by atoms with Crippen molar-refractivity contribution in [3.05, 3.63) is 89.3 Å². The lowest BCUT2D eigenvalue weighted by Crippen LogP contribution is -2.56. The van der Waals surface area contributed by atoms with Crippen LogP contribution in [0.4, 0.5) is 0 Å². The molecule has 1 spiro atoms. The van der Waals surface area contributed by atoms with Gasteiger partial charge in [-0.1, -0.05) is 106 Å². The average molecular weight is 509 g/mol. The van der Waals surface area contributed by atoms with Crippen molar-refractivity contribution in [3.8, 4) is 0 Å². The van der Waals surface area contributed by atoms with Gasteiger partial charge in [0.15, 0.2) is 5.60 Å².